The number of carbonyl (C=O) groups excluding carboxylic acids is 1. The SMILES string of the molecule is CC(C)(C)OC(=O)NCC=Cc1ncccc1C#N. The Kier molecular flexibility index (Phi) is 5.07. The van der Waals surface area contributed by atoms with Gasteiger partial charge >= 0.3 is 6.09 Å². The average molecular weight is 259 g/mol. The average Bonchev–Trinajstić information content (AvgIpc) is 2.33. The van der Waals surface area contributed by atoms with E-state index < -0.39 is 11.7 Å². The van der Waals surface area contributed by atoms with Crippen molar-refractivity contribution in [1.82, 2.24) is 10.3 Å². The van der Waals surface area contributed by atoms with Crippen LogP contribution in [0.15, 0.2) is 24.4 Å². The molecule has 0 aliphatic heterocycles. The predicted molar refractivity (Wildman–Crippen MR) is 72.2 cm³/mol. The summed E-state index contributed by atoms with van der Waals surface area (Å²) in [5, 5.41) is 11.5. The van der Waals surface area contributed by atoms with Gasteiger partial charge in [0.2, 0.25) is 0 Å². The highest BCUT2D eigenvalue weighted by molar-refractivity contribution is 5.68. The van der Waals surface area contributed by atoms with E-state index in [0.29, 0.717) is 17.8 Å². The molecule has 1 aromatic rings. The summed E-state index contributed by atoms with van der Waals surface area (Å²) in [6.45, 7) is 5.72. The van der Waals surface area contributed by atoms with Crippen molar-refractivity contribution in [3.8, 4) is 6.07 Å². The Bertz CT molecular complexity index is 510. The molecule has 19 heavy (non-hydrogen) atoms. The van der Waals surface area contributed by atoms with Crippen molar-refractivity contribution in [2.75, 3.05) is 6.54 Å². The van der Waals surface area contributed by atoms with Crippen LogP contribution in [0.1, 0.15) is 32.0 Å². The van der Waals surface area contributed by atoms with Gasteiger partial charge in [-0.05, 0) is 39.0 Å². The fourth-order valence-electron chi connectivity index (χ4n) is 1.27. The maximum atomic E-state index is 11.4. The van der Waals surface area contributed by atoms with Gasteiger partial charge < -0.3 is 10.1 Å². The van der Waals surface area contributed by atoms with Crippen LogP contribution in [0.3, 0.4) is 0 Å². The summed E-state index contributed by atoms with van der Waals surface area (Å²) in [6.07, 6.45) is 4.55. The summed E-state index contributed by atoms with van der Waals surface area (Å²) in [6, 6.07) is 5.44. The van der Waals surface area contributed by atoms with Crippen LogP contribution in [-0.4, -0.2) is 23.2 Å². The first-order valence-electron chi connectivity index (χ1n) is 5.91. The van der Waals surface area contributed by atoms with Gasteiger partial charge in [0.25, 0.3) is 0 Å². The largest absolute Gasteiger partial charge is 0.444 e. The molecule has 1 N–H and O–H groups in total. The minimum Gasteiger partial charge on any atom is -0.444 e. The highest BCUT2D eigenvalue weighted by Gasteiger charge is 2.14. The Balaban J connectivity index is 2.47. The van der Waals surface area contributed by atoms with Crippen molar-refractivity contribution in [2.24, 2.45) is 0 Å². The van der Waals surface area contributed by atoms with E-state index in [1.807, 2.05) is 0 Å². The zero-order valence-electron chi connectivity index (χ0n) is 11.3. The van der Waals surface area contributed by atoms with Gasteiger partial charge in [0, 0.05) is 12.7 Å². The molecule has 1 amide bonds. The van der Waals surface area contributed by atoms with E-state index in [0.717, 1.165) is 0 Å². The van der Waals surface area contributed by atoms with Crippen LogP contribution >= 0.6 is 0 Å². The van der Waals surface area contributed by atoms with Crippen molar-refractivity contribution >= 4 is 12.2 Å². The van der Waals surface area contributed by atoms with E-state index in [1.165, 1.54) is 0 Å². The number of aromatic nitrogens is 1. The van der Waals surface area contributed by atoms with Crippen molar-refractivity contribution in [3.05, 3.63) is 35.7 Å². The Labute approximate surface area is 112 Å². The molecule has 0 atom stereocenters. The third kappa shape index (κ3) is 5.68. The summed E-state index contributed by atoms with van der Waals surface area (Å²) in [5.74, 6) is 0. The first-order chi connectivity index (χ1) is 8.92. The highest BCUT2D eigenvalue weighted by Crippen LogP contribution is 2.07. The number of alkyl carbamates (subject to hydrolysis) is 1. The van der Waals surface area contributed by atoms with E-state index in [2.05, 4.69) is 16.4 Å². The molecule has 100 valence electrons. The molecule has 0 fully saturated rings. The van der Waals surface area contributed by atoms with Crippen LogP contribution in [0.5, 0.6) is 0 Å². The molecule has 5 nitrogen and oxygen atoms in total. The fourth-order valence-corrected chi connectivity index (χ4v) is 1.27. The molecule has 0 saturated carbocycles. The van der Waals surface area contributed by atoms with E-state index >= 15 is 0 Å². The molecule has 0 radical (unpaired) electrons. The monoisotopic (exact) mass is 259 g/mol. The topological polar surface area (TPSA) is 75.0 Å². The molecule has 0 spiro atoms. The zero-order valence-corrected chi connectivity index (χ0v) is 11.3. The maximum Gasteiger partial charge on any atom is 0.407 e. The van der Waals surface area contributed by atoms with Crippen LogP contribution in [0.2, 0.25) is 0 Å². The number of ether oxygens (including phenoxy) is 1. The summed E-state index contributed by atoms with van der Waals surface area (Å²) < 4.78 is 5.08. The fraction of sp³-hybridized carbons (Fsp3) is 0.357. The van der Waals surface area contributed by atoms with Gasteiger partial charge in [-0.3, -0.25) is 4.98 Å². The molecule has 0 aliphatic carbocycles. The van der Waals surface area contributed by atoms with Gasteiger partial charge in [-0.2, -0.15) is 5.26 Å². The standard InChI is InChI=1S/C14H17N3O2/c1-14(2,3)19-13(18)17-9-5-7-12-11(10-15)6-4-8-16-12/h4-8H,9H2,1-3H3,(H,17,18). The molecule has 0 aliphatic rings. The smallest absolute Gasteiger partial charge is 0.407 e. The first kappa shape index (κ1) is 14.7. The maximum absolute atomic E-state index is 11.4. The quantitative estimate of drug-likeness (QED) is 0.904. The van der Waals surface area contributed by atoms with E-state index in [4.69, 9.17) is 10.00 Å². The summed E-state index contributed by atoms with van der Waals surface area (Å²) in [4.78, 5) is 15.4. The lowest BCUT2D eigenvalue weighted by molar-refractivity contribution is 0.0534. The lowest BCUT2D eigenvalue weighted by Crippen LogP contribution is -2.32. The number of hydrogen-bond acceptors (Lipinski definition) is 4. The van der Waals surface area contributed by atoms with E-state index in [9.17, 15) is 4.79 Å². The van der Waals surface area contributed by atoms with Crippen LogP contribution in [0, 0.1) is 11.3 Å². The van der Waals surface area contributed by atoms with E-state index in [1.54, 1.807) is 51.3 Å². The van der Waals surface area contributed by atoms with Crippen molar-refractivity contribution in [1.29, 1.82) is 5.26 Å². The van der Waals surface area contributed by atoms with Crippen molar-refractivity contribution in [3.63, 3.8) is 0 Å². The van der Waals surface area contributed by atoms with E-state index in [-0.39, 0.29) is 0 Å². The number of rotatable bonds is 3. The van der Waals surface area contributed by atoms with Crippen LogP contribution < -0.4 is 5.32 Å². The molecule has 1 aromatic heterocycles. The zero-order chi connectivity index (χ0) is 14.3. The predicted octanol–water partition coefficient (Wildman–Crippen LogP) is 2.49. The van der Waals surface area contributed by atoms with Gasteiger partial charge in [-0.15, -0.1) is 0 Å². The summed E-state index contributed by atoms with van der Waals surface area (Å²) in [7, 11) is 0. The Hall–Kier alpha value is -2.35. The van der Waals surface area contributed by atoms with Crippen molar-refractivity contribution in [2.45, 2.75) is 26.4 Å². The van der Waals surface area contributed by atoms with Gasteiger partial charge in [-0.1, -0.05) is 6.08 Å². The minimum absolute atomic E-state index is 0.316. The normalized spacial score (nSPS) is 11.1. The van der Waals surface area contributed by atoms with Crippen LogP contribution in [-0.2, 0) is 4.74 Å². The second-order valence-corrected chi connectivity index (χ2v) is 4.83. The van der Waals surface area contributed by atoms with Crippen LogP contribution in [0.25, 0.3) is 6.08 Å². The molecule has 5 heteroatoms. The number of hydrogen-bond donors (Lipinski definition) is 1. The lowest BCUT2D eigenvalue weighted by atomic mass is 10.2. The van der Waals surface area contributed by atoms with Crippen LogP contribution in [0.4, 0.5) is 4.79 Å². The van der Waals surface area contributed by atoms with Gasteiger partial charge in [0.15, 0.2) is 0 Å². The number of nitriles is 1. The third-order valence-corrected chi connectivity index (χ3v) is 2.00. The molecular formula is C14H17N3O2. The van der Waals surface area contributed by atoms with Crippen molar-refractivity contribution < 1.29 is 9.53 Å². The minimum atomic E-state index is -0.511. The first-order valence-corrected chi connectivity index (χ1v) is 5.91. The number of pyridine rings is 1. The number of nitrogens with one attached hydrogen (secondary N) is 1. The Morgan fingerprint density at radius 3 is 2.95 bits per heavy atom. The second kappa shape index (κ2) is 6.55. The molecule has 1 rings (SSSR count). The highest BCUT2D eigenvalue weighted by atomic mass is 16.6. The molecule has 0 unspecified atom stereocenters. The van der Waals surface area contributed by atoms with Gasteiger partial charge in [0.05, 0.1) is 11.3 Å². The molecule has 0 aromatic carbocycles. The molecule has 0 saturated heterocycles. The Morgan fingerprint density at radius 2 is 2.32 bits per heavy atom. The lowest BCUT2D eigenvalue weighted by Gasteiger charge is -2.19. The summed E-state index contributed by atoms with van der Waals surface area (Å²) >= 11 is 0. The number of carbonyl (C=O) groups is 1. The molecule has 1 heterocycles. The van der Waals surface area contributed by atoms with Gasteiger partial charge in [0.1, 0.15) is 11.7 Å². The Morgan fingerprint density at radius 1 is 1.58 bits per heavy atom. The van der Waals surface area contributed by atoms with Gasteiger partial charge in [-0.25, -0.2) is 4.79 Å². The third-order valence-electron chi connectivity index (χ3n) is 2.00. The number of amides is 1. The molecular weight excluding hydrogens is 242 g/mol. The second-order valence-electron chi connectivity index (χ2n) is 4.83. The summed E-state index contributed by atoms with van der Waals surface area (Å²) in [5.41, 5.74) is 0.565. The number of nitrogens with zero attached hydrogens (tertiary/aromatic N) is 2. The molecule has 0 bridgehead atoms.